The molecule has 0 amide bonds. The van der Waals surface area contributed by atoms with Gasteiger partial charge in [-0.05, 0) is 25.2 Å². The van der Waals surface area contributed by atoms with Crippen LogP contribution in [0.5, 0.6) is 0 Å². The molecule has 0 bridgehead atoms. The van der Waals surface area contributed by atoms with Crippen LogP contribution in [0, 0.1) is 5.92 Å². The molecule has 0 unspecified atom stereocenters. The first-order valence-corrected chi connectivity index (χ1v) is 5.77. The summed E-state index contributed by atoms with van der Waals surface area (Å²) in [4.78, 5) is 10.6. The highest BCUT2D eigenvalue weighted by atomic mass is 16.5. The van der Waals surface area contributed by atoms with Gasteiger partial charge in [-0.25, -0.2) is 0 Å². The normalized spacial score (nSPS) is 26.0. The van der Waals surface area contributed by atoms with Crippen molar-refractivity contribution in [1.29, 1.82) is 0 Å². The molecule has 0 spiro atoms. The maximum absolute atomic E-state index is 10.6. The summed E-state index contributed by atoms with van der Waals surface area (Å²) in [6.07, 6.45) is 6.07. The van der Waals surface area contributed by atoms with Gasteiger partial charge < -0.3 is 4.74 Å². The van der Waals surface area contributed by atoms with E-state index in [1.54, 1.807) is 0 Å². The lowest BCUT2D eigenvalue weighted by Gasteiger charge is -2.25. The first-order valence-electron chi connectivity index (χ1n) is 5.77. The van der Waals surface area contributed by atoms with E-state index in [0.717, 1.165) is 18.8 Å². The molecule has 2 nitrogen and oxygen atoms in total. The second-order valence-corrected chi connectivity index (χ2v) is 4.21. The van der Waals surface area contributed by atoms with E-state index in [4.69, 9.17) is 4.74 Å². The Balaban J connectivity index is 0.000000500. The van der Waals surface area contributed by atoms with Gasteiger partial charge in [-0.3, -0.25) is 4.79 Å². The van der Waals surface area contributed by atoms with Gasteiger partial charge in [-0.15, -0.1) is 0 Å². The highest BCUT2D eigenvalue weighted by Gasteiger charge is 2.20. The molecule has 14 heavy (non-hydrogen) atoms. The van der Waals surface area contributed by atoms with E-state index < -0.39 is 0 Å². The van der Waals surface area contributed by atoms with E-state index in [1.165, 1.54) is 26.2 Å². The lowest BCUT2D eigenvalue weighted by Crippen LogP contribution is -2.23. The Morgan fingerprint density at radius 2 is 1.93 bits per heavy atom. The molecule has 0 aromatic carbocycles. The fourth-order valence-electron chi connectivity index (χ4n) is 1.72. The number of hydrogen-bond donors (Lipinski definition) is 0. The van der Waals surface area contributed by atoms with Crippen LogP contribution in [0.15, 0.2) is 0 Å². The summed E-state index contributed by atoms with van der Waals surface area (Å²) in [5.41, 5.74) is 0. The average molecular weight is 200 g/mol. The molecule has 2 atom stereocenters. The topological polar surface area (TPSA) is 26.3 Å². The van der Waals surface area contributed by atoms with E-state index >= 15 is 0 Å². The molecule has 2 heteroatoms. The fraction of sp³-hybridized carbons (Fsp3) is 0.917. The van der Waals surface area contributed by atoms with Crippen LogP contribution < -0.4 is 0 Å². The minimum Gasteiger partial charge on any atom is -0.463 e. The zero-order valence-corrected chi connectivity index (χ0v) is 10.0. The lowest BCUT2D eigenvalue weighted by molar-refractivity contribution is -0.148. The minimum absolute atomic E-state index is 0.135. The Morgan fingerprint density at radius 3 is 2.36 bits per heavy atom. The smallest absolute Gasteiger partial charge is 0.302 e. The van der Waals surface area contributed by atoms with Gasteiger partial charge in [0.2, 0.25) is 0 Å². The second-order valence-electron chi connectivity index (χ2n) is 4.21. The van der Waals surface area contributed by atoms with Gasteiger partial charge >= 0.3 is 5.97 Å². The van der Waals surface area contributed by atoms with Crippen molar-refractivity contribution in [2.75, 3.05) is 0 Å². The fourth-order valence-corrected chi connectivity index (χ4v) is 1.72. The van der Waals surface area contributed by atoms with Gasteiger partial charge in [0.05, 0.1) is 0 Å². The summed E-state index contributed by atoms with van der Waals surface area (Å²) in [6, 6.07) is 0. The van der Waals surface area contributed by atoms with Gasteiger partial charge in [0.1, 0.15) is 6.10 Å². The van der Waals surface area contributed by atoms with Crippen molar-refractivity contribution in [2.24, 2.45) is 5.92 Å². The Labute approximate surface area is 88.0 Å². The minimum atomic E-state index is -0.135. The van der Waals surface area contributed by atoms with Gasteiger partial charge in [0.15, 0.2) is 0 Å². The molecule has 1 saturated carbocycles. The van der Waals surface area contributed by atoms with Crippen LogP contribution in [0.3, 0.4) is 0 Å². The van der Waals surface area contributed by atoms with Crippen molar-refractivity contribution < 1.29 is 9.53 Å². The number of carbonyl (C=O) groups is 1. The SMILES string of the molecule is CC(=O)O[C@H]1CCC[C@@H](C)C1.CCC. The van der Waals surface area contributed by atoms with Gasteiger partial charge in [0, 0.05) is 6.92 Å². The second kappa shape index (κ2) is 7.84. The Kier molecular flexibility index (Phi) is 7.54. The van der Waals surface area contributed by atoms with Crippen LogP contribution in [-0.2, 0) is 9.53 Å². The van der Waals surface area contributed by atoms with Crippen molar-refractivity contribution in [3.63, 3.8) is 0 Å². The number of carbonyl (C=O) groups excluding carboxylic acids is 1. The summed E-state index contributed by atoms with van der Waals surface area (Å²) in [6.45, 7) is 7.95. The van der Waals surface area contributed by atoms with E-state index in [0.29, 0.717) is 0 Å². The van der Waals surface area contributed by atoms with Crippen molar-refractivity contribution in [2.45, 2.75) is 65.9 Å². The van der Waals surface area contributed by atoms with E-state index in [-0.39, 0.29) is 12.1 Å². The van der Waals surface area contributed by atoms with Crippen LogP contribution >= 0.6 is 0 Å². The number of esters is 1. The molecule has 1 aliphatic rings. The van der Waals surface area contributed by atoms with Crippen molar-refractivity contribution in [1.82, 2.24) is 0 Å². The third-order valence-corrected chi connectivity index (χ3v) is 2.22. The highest BCUT2D eigenvalue weighted by Crippen LogP contribution is 2.25. The molecule has 0 aromatic rings. The first-order chi connectivity index (χ1) is 6.60. The quantitative estimate of drug-likeness (QED) is 0.605. The third-order valence-electron chi connectivity index (χ3n) is 2.22. The van der Waals surface area contributed by atoms with Crippen molar-refractivity contribution >= 4 is 5.97 Å². The molecule has 1 rings (SSSR count). The van der Waals surface area contributed by atoms with Crippen molar-refractivity contribution in [3.8, 4) is 0 Å². The van der Waals surface area contributed by atoms with E-state index in [9.17, 15) is 4.79 Å². The largest absolute Gasteiger partial charge is 0.463 e. The molecule has 1 fully saturated rings. The summed E-state index contributed by atoms with van der Waals surface area (Å²) < 4.78 is 5.12. The molecule has 0 N–H and O–H groups in total. The average Bonchev–Trinajstić information content (AvgIpc) is 2.03. The monoisotopic (exact) mass is 200 g/mol. The molecule has 0 aromatic heterocycles. The van der Waals surface area contributed by atoms with E-state index in [1.807, 2.05) is 0 Å². The Morgan fingerprint density at radius 1 is 1.36 bits per heavy atom. The number of ether oxygens (including phenoxy) is 1. The van der Waals surface area contributed by atoms with E-state index in [2.05, 4.69) is 20.8 Å². The van der Waals surface area contributed by atoms with Crippen LogP contribution in [0.4, 0.5) is 0 Å². The predicted octanol–water partition coefficient (Wildman–Crippen LogP) is 3.54. The summed E-state index contributed by atoms with van der Waals surface area (Å²) >= 11 is 0. The lowest BCUT2D eigenvalue weighted by atomic mass is 9.89. The molecule has 0 saturated heterocycles. The molecule has 1 aliphatic carbocycles. The number of hydrogen-bond acceptors (Lipinski definition) is 2. The maximum Gasteiger partial charge on any atom is 0.302 e. The van der Waals surface area contributed by atoms with Gasteiger partial charge in [-0.1, -0.05) is 33.6 Å². The van der Waals surface area contributed by atoms with Crippen LogP contribution in [-0.4, -0.2) is 12.1 Å². The molecular weight excluding hydrogens is 176 g/mol. The maximum atomic E-state index is 10.6. The highest BCUT2D eigenvalue weighted by molar-refractivity contribution is 5.66. The molecular formula is C12H24O2. The summed E-state index contributed by atoms with van der Waals surface area (Å²) in [5, 5.41) is 0. The molecule has 0 heterocycles. The van der Waals surface area contributed by atoms with Crippen molar-refractivity contribution in [3.05, 3.63) is 0 Å². The van der Waals surface area contributed by atoms with Crippen LogP contribution in [0.1, 0.15) is 59.8 Å². The summed E-state index contributed by atoms with van der Waals surface area (Å²) in [5.74, 6) is 0.595. The van der Waals surface area contributed by atoms with Gasteiger partial charge in [0.25, 0.3) is 0 Å². The predicted molar refractivity (Wildman–Crippen MR) is 59.2 cm³/mol. The zero-order valence-electron chi connectivity index (χ0n) is 10.0. The molecule has 0 aliphatic heterocycles. The van der Waals surface area contributed by atoms with Gasteiger partial charge in [-0.2, -0.15) is 0 Å². The summed E-state index contributed by atoms with van der Waals surface area (Å²) in [7, 11) is 0. The van der Waals surface area contributed by atoms with Crippen LogP contribution in [0.25, 0.3) is 0 Å². The number of rotatable bonds is 1. The first kappa shape index (κ1) is 13.5. The standard InChI is InChI=1S/C9H16O2.C3H8/c1-7-4-3-5-9(6-7)11-8(2)10;1-3-2/h7,9H,3-6H2,1-2H3;3H2,1-2H3/t7-,9+;/m1./s1. The molecule has 84 valence electrons. The Hall–Kier alpha value is -0.530. The Bertz CT molecular complexity index is 154. The van der Waals surface area contributed by atoms with Crippen LogP contribution in [0.2, 0.25) is 0 Å². The third kappa shape index (κ3) is 6.93. The zero-order chi connectivity index (χ0) is 11.0. The molecule has 0 radical (unpaired) electrons.